The Morgan fingerprint density at radius 1 is 1.16 bits per heavy atom. The maximum atomic E-state index is 12.2. The summed E-state index contributed by atoms with van der Waals surface area (Å²) in [5.74, 6) is 0.0161. The minimum absolute atomic E-state index is 0.0161. The average Bonchev–Trinajstić information content (AvgIpc) is 2.39. The van der Waals surface area contributed by atoms with Crippen molar-refractivity contribution in [3.63, 3.8) is 0 Å². The van der Waals surface area contributed by atoms with Crippen molar-refractivity contribution in [3.8, 4) is 0 Å². The number of anilines is 1. The van der Waals surface area contributed by atoms with Gasteiger partial charge in [-0.3, -0.25) is 4.79 Å². The Morgan fingerprint density at radius 3 is 2.47 bits per heavy atom. The maximum absolute atomic E-state index is 12.2. The molecular weight excluding hydrogens is 236 g/mol. The molecule has 0 saturated carbocycles. The van der Waals surface area contributed by atoms with E-state index in [4.69, 9.17) is 5.73 Å². The summed E-state index contributed by atoms with van der Waals surface area (Å²) < 4.78 is 0. The molecule has 0 radical (unpaired) electrons. The zero-order valence-electron chi connectivity index (χ0n) is 11.3. The molecule has 0 heterocycles. The van der Waals surface area contributed by atoms with Gasteiger partial charge in [-0.25, -0.2) is 0 Å². The SMILES string of the molecule is Cc1ccc(C(=O)N(C)Cc2cccc(N)c2)cc1. The van der Waals surface area contributed by atoms with E-state index in [2.05, 4.69) is 0 Å². The van der Waals surface area contributed by atoms with Gasteiger partial charge in [-0.05, 0) is 36.8 Å². The minimum atomic E-state index is 0.0161. The second-order valence-electron chi connectivity index (χ2n) is 4.77. The van der Waals surface area contributed by atoms with Gasteiger partial charge < -0.3 is 10.6 Å². The number of nitrogens with two attached hydrogens (primary N) is 1. The fourth-order valence-electron chi connectivity index (χ4n) is 1.95. The van der Waals surface area contributed by atoms with Crippen molar-refractivity contribution in [2.45, 2.75) is 13.5 Å². The number of hydrogen-bond acceptors (Lipinski definition) is 2. The van der Waals surface area contributed by atoms with E-state index in [0.29, 0.717) is 17.8 Å². The Kier molecular flexibility index (Phi) is 3.85. The van der Waals surface area contributed by atoms with E-state index in [1.165, 1.54) is 0 Å². The first-order valence-electron chi connectivity index (χ1n) is 6.23. The first-order chi connectivity index (χ1) is 9.06. The highest BCUT2D eigenvalue weighted by Gasteiger charge is 2.11. The van der Waals surface area contributed by atoms with Crippen LogP contribution in [0.25, 0.3) is 0 Å². The number of nitrogen functional groups attached to an aromatic ring is 1. The number of carbonyl (C=O) groups is 1. The van der Waals surface area contributed by atoms with Gasteiger partial charge in [0.2, 0.25) is 0 Å². The highest BCUT2D eigenvalue weighted by Crippen LogP contribution is 2.11. The van der Waals surface area contributed by atoms with Crippen molar-refractivity contribution in [3.05, 3.63) is 65.2 Å². The summed E-state index contributed by atoms with van der Waals surface area (Å²) in [5, 5.41) is 0. The van der Waals surface area contributed by atoms with E-state index >= 15 is 0 Å². The number of rotatable bonds is 3. The lowest BCUT2D eigenvalue weighted by Crippen LogP contribution is -2.26. The number of benzene rings is 2. The van der Waals surface area contributed by atoms with Crippen LogP contribution in [0.15, 0.2) is 48.5 Å². The molecule has 2 rings (SSSR count). The highest BCUT2D eigenvalue weighted by atomic mass is 16.2. The quantitative estimate of drug-likeness (QED) is 0.856. The summed E-state index contributed by atoms with van der Waals surface area (Å²) in [4.78, 5) is 13.9. The zero-order valence-corrected chi connectivity index (χ0v) is 11.3. The molecule has 0 spiro atoms. The van der Waals surface area contributed by atoms with Gasteiger partial charge in [0.05, 0.1) is 0 Å². The molecule has 0 bridgehead atoms. The van der Waals surface area contributed by atoms with Crippen LogP contribution in [-0.4, -0.2) is 17.9 Å². The Hall–Kier alpha value is -2.29. The van der Waals surface area contributed by atoms with E-state index in [9.17, 15) is 4.79 Å². The van der Waals surface area contributed by atoms with Gasteiger partial charge >= 0.3 is 0 Å². The maximum Gasteiger partial charge on any atom is 0.253 e. The predicted molar refractivity (Wildman–Crippen MR) is 77.8 cm³/mol. The average molecular weight is 254 g/mol. The van der Waals surface area contributed by atoms with Gasteiger partial charge in [-0.2, -0.15) is 0 Å². The van der Waals surface area contributed by atoms with E-state index in [-0.39, 0.29) is 5.91 Å². The molecule has 2 aromatic rings. The molecule has 0 aliphatic rings. The van der Waals surface area contributed by atoms with Crippen LogP contribution in [0.1, 0.15) is 21.5 Å². The predicted octanol–water partition coefficient (Wildman–Crippen LogP) is 2.85. The molecule has 0 fully saturated rings. The lowest BCUT2D eigenvalue weighted by atomic mass is 10.1. The largest absolute Gasteiger partial charge is 0.399 e. The van der Waals surface area contributed by atoms with Crippen molar-refractivity contribution >= 4 is 11.6 Å². The molecule has 0 saturated heterocycles. The van der Waals surface area contributed by atoms with E-state index in [1.54, 1.807) is 11.9 Å². The van der Waals surface area contributed by atoms with Crippen molar-refractivity contribution in [2.24, 2.45) is 0 Å². The molecule has 19 heavy (non-hydrogen) atoms. The molecule has 1 amide bonds. The van der Waals surface area contributed by atoms with Crippen LogP contribution in [0.2, 0.25) is 0 Å². The molecule has 3 nitrogen and oxygen atoms in total. The number of nitrogens with zero attached hydrogens (tertiary/aromatic N) is 1. The van der Waals surface area contributed by atoms with Crippen LogP contribution in [0.3, 0.4) is 0 Å². The first kappa shape index (κ1) is 13.1. The van der Waals surface area contributed by atoms with Crippen LogP contribution < -0.4 is 5.73 Å². The first-order valence-corrected chi connectivity index (χ1v) is 6.23. The number of carbonyl (C=O) groups excluding carboxylic acids is 1. The monoisotopic (exact) mass is 254 g/mol. The third-order valence-corrected chi connectivity index (χ3v) is 3.02. The van der Waals surface area contributed by atoms with Crippen LogP contribution in [0, 0.1) is 6.92 Å². The summed E-state index contributed by atoms with van der Waals surface area (Å²) in [5.41, 5.74) is 9.34. The fourth-order valence-corrected chi connectivity index (χ4v) is 1.95. The summed E-state index contributed by atoms with van der Waals surface area (Å²) in [6, 6.07) is 15.2. The topological polar surface area (TPSA) is 46.3 Å². The molecule has 3 heteroatoms. The van der Waals surface area contributed by atoms with E-state index in [1.807, 2.05) is 55.5 Å². The van der Waals surface area contributed by atoms with Gasteiger partial charge in [0.25, 0.3) is 5.91 Å². The number of aryl methyl sites for hydroxylation is 1. The molecule has 0 atom stereocenters. The molecule has 0 aliphatic carbocycles. The Morgan fingerprint density at radius 2 is 1.84 bits per heavy atom. The van der Waals surface area contributed by atoms with Crippen molar-refractivity contribution in [1.82, 2.24) is 4.90 Å². The summed E-state index contributed by atoms with van der Waals surface area (Å²) in [7, 11) is 1.80. The second-order valence-corrected chi connectivity index (χ2v) is 4.77. The number of hydrogen-bond donors (Lipinski definition) is 1. The molecular formula is C16H18N2O. The van der Waals surface area contributed by atoms with Crippen molar-refractivity contribution in [2.75, 3.05) is 12.8 Å². The Bertz CT molecular complexity index is 576. The fraction of sp³-hybridized carbons (Fsp3) is 0.188. The summed E-state index contributed by atoms with van der Waals surface area (Å²) in [6.07, 6.45) is 0. The summed E-state index contributed by atoms with van der Waals surface area (Å²) >= 11 is 0. The van der Waals surface area contributed by atoms with Gasteiger partial charge in [0.1, 0.15) is 0 Å². The minimum Gasteiger partial charge on any atom is -0.399 e. The molecule has 0 aliphatic heterocycles. The Labute approximate surface area is 113 Å². The lowest BCUT2D eigenvalue weighted by Gasteiger charge is -2.17. The normalized spacial score (nSPS) is 10.2. The van der Waals surface area contributed by atoms with Crippen LogP contribution in [0.4, 0.5) is 5.69 Å². The van der Waals surface area contributed by atoms with Crippen LogP contribution in [-0.2, 0) is 6.54 Å². The van der Waals surface area contributed by atoms with Crippen molar-refractivity contribution in [1.29, 1.82) is 0 Å². The third kappa shape index (κ3) is 3.35. The smallest absolute Gasteiger partial charge is 0.253 e. The van der Waals surface area contributed by atoms with Gasteiger partial charge in [-0.1, -0.05) is 29.8 Å². The van der Waals surface area contributed by atoms with Crippen LogP contribution in [0.5, 0.6) is 0 Å². The molecule has 2 N–H and O–H groups in total. The van der Waals surface area contributed by atoms with Gasteiger partial charge in [0, 0.05) is 24.8 Å². The summed E-state index contributed by atoms with van der Waals surface area (Å²) in [6.45, 7) is 2.56. The lowest BCUT2D eigenvalue weighted by molar-refractivity contribution is 0.0785. The highest BCUT2D eigenvalue weighted by molar-refractivity contribution is 5.94. The van der Waals surface area contributed by atoms with Crippen molar-refractivity contribution < 1.29 is 4.79 Å². The molecule has 2 aromatic carbocycles. The zero-order chi connectivity index (χ0) is 13.8. The third-order valence-electron chi connectivity index (χ3n) is 3.02. The molecule has 0 aromatic heterocycles. The standard InChI is InChI=1S/C16H18N2O/c1-12-6-8-14(9-7-12)16(19)18(2)11-13-4-3-5-15(17)10-13/h3-10H,11,17H2,1-2H3. The van der Waals surface area contributed by atoms with Gasteiger partial charge in [-0.15, -0.1) is 0 Å². The molecule has 98 valence electrons. The number of amides is 1. The van der Waals surface area contributed by atoms with Crippen LogP contribution >= 0.6 is 0 Å². The molecule has 0 unspecified atom stereocenters. The van der Waals surface area contributed by atoms with Gasteiger partial charge in [0.15, 0.2) is 0 Å². The Balaban J connectivity index is 2.09. The van der Waals surface area contributed by atoms with E-state index in [0.717, 1.165) is 11.1 Å². The van der Waals surface area contributed by atoms with E-state index < -0.39 is 0 Å². The second kappa shape index (κ2) is 5.57.